The summed E-state index contributed by atoms with van der Waals surface area (Å²) < 4.78 is 26.3. The fourth-order valence-electron chi connectivity index (χ4n) is 3.08. The minimum Gasteiger partial charge on any atom is -0.354 e. The van der Waals surface area contributed by atoms with Gasteiger partial charge in [-0.2, -0.15) is 0 Å². The Morgan fingerprint density at radius 2 is 1.78 bits per heavy atom. The number of amides is 1. The Bertz CT molecular complexity index is 880. The molecule has 146 valence electrons. The van der Waals surface area contributed by atoms with Gasteiger partial charge in [-0.1, -0.05) is 49.4 Å². The maximum Gasteiger partial charge on any atom is 0.243 e. The number of aryl methyl sites for hydroxylation is 2. The topological polar surface area (TPSA) is 66.5 Å². The van der Waals surface area contributed by atoms with Crippen molar-refractivity contribution in [3.8, 4) is 0 Å². The monoisotopic (exact) mass is 388 g/mol. The third-order valence-corrected chi connectivity index (χ3v) is 5.65. The number of carbonyl (C=O) groups is 1. The van der Waals surface area contributed by atoms with E-state index in [1.807, 2.05) is 69.3 Å². The first-order chi connectivity index (χ1) is 12.7. The van der Waals surface area contributed by atoms with Crippen molar-refractivity contribution in [3.05, 3.63) is 65.2 Å². The molecule has 1 amide bonds. The minimum absolute atomic E-state index is 0.278. The average Bonchev–Trinajstić information content (AvgIpc) is 2.61. The van der Waals surface area contributed by atoms with Gasteiger partial charge in [0.15, 0.2) is 0 Å². The van der Waals surface area contributed by atoms with Crippen LogP contribution in [0.1, 0.15) is 30.0 Å². The Balaban J connectivity index is 2.22. The molecule has 1 unspecified atom stereocenters. The summed E-state index contributed by atoms with van der Waals surface area (Å²) in [5.74, 6) is -0.278. The summed E-state index contributed by atoms with van der Waals surface area (Å²) in [5, 5.41) is 2.89. The van der Waals surface area contributed by atoms with E-state index in [0.717, 1.165) is 22.9 Å². The SMILES string of the molecule is CCC(C(=O)NCCc1ccccc1)N(c1cc(C)ccc1C)S(C)(=O)=O. The van der Waals surface area contributed by atoms with Gasteiger partial charge < -0.3 is 5.32 Å². The zero-order chi connectivity index (χ0) is 20.0. The number of hydrogen-bond acceptors (Lipinski definition) is 3. The van der Waals surface area contributed by atoms with Crippen molar-refractivity contribution in [2.24, 2.45) is 0 Å². The first-order valence-electron chi connectivity index (χ1n) is 9.12. The van der Waals surface area contributed by atoms with Gasteiger partial charge in [-0.05, 0) is 49.4 Å². The van der Waals surface area contributed by atoms with Gasteiger partial charge in [-0.25, -0.2) is 8.42 Å². The Kier molecular flexibility index (Phi) is 7.02. The van der Waals surface area contributed by atoms with Gasteiger partial charge in [0.25, 0.3) is 0 Å². The minimum atomic E-state index is -3.62. The van der Waals surface area contributed by atoms with Crippen molar-refractivity contribution in [2.45, 2.75) is 39.7 Å². The van der Waals surface area contributed by atoms with Gasteiger partial charge in [0, 0.05) is 6.54 Å². The first kappa shape index (κ1) is 21.0. The summed E-state index contributed by atoms with van der Waals surface area (Å²) in [6.45, 7) is 6.05. The number of anilines is 1. The van der Waals surface area contributed by atoms with Crippen LogP contribution in [0.5, 0.6) is 0 Å². The fourth-order valence-corrected chi connectivity index (χ4v) is 4.35. The van der Waals surface area contributed by atoms with Crippen molar-refractivity contribution in [1.29, 1.82) is 0 Å². The van der Waals surface area contributed by atoms with Crippen molar-refractivity contribution in [3.63, 3.8) is 0 Å². The smallest absolute Gasteiger partial charge is 0.243 e. The molecule has 0 aliphatic heterocycles. The summed E-state index contributed by atoms with van der Waals surface area (Å²) in [7, 11) is -3.62. The second-order valence-electron chi connectivity index (χ2n) is 6.80. The molecule has 2 aromatic rings. The molecule has 1 N–H and O–H groups in total. The van der Waals surface area contributed by atoms with Crippen LogP contribution in [-0.4, -0.2) is 33.2 Å². The molecule has 0 aromatic heterocycles. The van der Waals surface area contributed by atoms with E-state index in [4.69, 9.17) is 0 Å². The lowest BCUT2D eigenvalue weighted by Gasteiger charge is -2.31. The Morgan fingerprint density at radius 1 is 1.11 bits per heavy atom. The van der Waals surface area contributed by atoms with Crippen LogP contribution in [0.4, 0.5) is 5.69 Å². The van der Waals surface area contributed by atoms with Crippen molar-refractivity contribution in [2.75, 3.05) is 17.1 Å². The van der Waals surface area contributed by atoms with E-state index in [0.29, 0.717) is 25.1 Å². The molecule has 0 saturated heterocycles. The van der Waals surface area contributed by atoms with Crippen molar-refractivity contribution < 1.29 is 13.2 Å². The molecule has 0 heterocycles. The summed E-state index contributed by atoms with van der Waals surface area (Å²) >= 11 is 0. The molecular formula is C21H28N2O3S. The molecule has 6 heteroatoms. The first-order valence-corrected chi connectivity index (χ1v) is 11.0. The second-order valence-corrected chi connectivity index (χ2v) is 8.66. The number of carbonyl (C=O) groups excluding carboxylic acids is 1. The Labute approximate surface area is 162 Å². The Hall–Kier alpha value is -2.34. The average molecular weight is 389 g/mol. The largest absolute Gasteiger partial charge is 0.354 e. The van der Waals surface area contributed by atoms with E-state index in [1.54, 1.807) is 0 Å². The zero-order valence-electron chi connectivity index (χ0n) is 16.4. The van der Waals surface area contributed by atoms with Gasteiger partial charge in [0.1, 0.15) is 6.04 Å². The van der Waals surface area contributed by atoms with Crippen LogP contribution < -0.4 is 9.62 Å². The highest BCUT2D eigenvalue weighted by Gasteiger charge is 2.32. The molecule has 0 aliphatic carbocycles. The lowest BCUT2D eigenvalue weighted by molar-refractivity contribution is -0.122. The van der Waals surface area contributed by atoms with Crippen LogP contribution in [0, 0.1) is 13.8 Å². The molecular weight excluding hydrogens is 360 g/mol. The van der Waals surface area contributed by atoms with E-state index in [9.17, 15) is 13.2 Å². The molecule has 1 atom stereocenters. The van der Waals surface area contributed by atoms with E-state index in [2.05, 4.69) is 5.32 Å². The van der Waals surface area contributed by atoms with Crippen LogP contribution in [0.25, 0.3) is 0 Å². The van der Waals surface area contributed by atoms with Crippen LogP contribution >= 0.6 is 0 Å². The molecule has 0 spiro atoms. The lowest BCUT2D eigenvalue weighted by Crippen LogP contribution is -2.49. The maximum absolute atomic E-state index is 12.8. The predicted octanol–water partition coefficient (Wildman–Crippen LogP) is 3.21. The Morgan fingerprint density at radius 3 is 2.37 bits per heavy atom. The number of rotatable bonds is 8. The fraction of sp³-hybridized carbons (Fsp3) is 0.381. The lowest BCUT2D eigenvalue weighted by atomic mass is 10.1. The summed E-state index contributed by atoms with van der Waals surface area (Å²) in [6, 6.07) is 14.7. The summed E-state index contributed by atoms with van der Waals surface area (Å²) in [4.78, 5) is 12.8. The van der Waals surface area contributed by atoms with E-state index in [-0.39, 0.29) is 5.91 Å². The molecule has 2 aromatic carbocycles. The van der Waals surface area contributed by atoms with Crippen molar-refractivity contribution >= 4 is 21.6 Å². The molecule has 27 heavy (non-hydrogen) atoms. The maximum atomic E-state index is 12.8. The van der Waals surface area contributed by atoms with Crippen LogP contribution in [0.3, 0.4) is 0 Å². The van der Waals surface area contributed by atoms with E-state index < -0.39 is 16.1 Å². The van der Waals surface area contributed by atoms with Gasteiger partial charge in [0.05, 0.1) is 11.9 Å². The molecule has 5 nitrogen and oxygen atoms in total. The molecule has 2 rings (SSSR count). The highest BCUT2D eigenvalue weighted by molar-refractivity contribution is 7.92. The standard InChI is InChI=1S/C21H28N2O3S/c1-5-19(21(24)22-14-13-18-9-7-6-8-10-18)23(27(4,25)26)20-15-16(2)11-12-17(20)3/h6-12,15,19H,5,13-14H2,1-4H3,(H,22,24). The van der Waals surface area contributed by atoms with Crippen LogP contribution in [-0.2, 0) is 21.2 Å². The molecule has 0 aliphatic rings. The molecule has 0 radical (unpaired) electrons. The number of hydrogen-bond donors (Lipinski definition) is 1. The molecule has 0 saturated carbocycles. The number of nitrogens with zero attached hydrogens (tertiary/aromatic N) is 1. The van der Waals surface area contributed by atoms with Crippen LogP contribution in [0.15, 0.2) is 48.5 Å². The second kappa shape index (κ2) is 9.04. The summed E-state index contributed by atoms with van der Waals surface area (Å²) in [5.41, 5.74) is 3.45. The number of sulfonamides is 1. The number of nitrogens with one attached hydrogen (secondary N) is 1. The van der Waals surface area contributed by atoms with E-state index in [1.165, 1.54) is 4.31 Å². The highest BCUT2D eigenvalue weighted by Crippen LogP contribution is 2.27. The zero-order valence-corrected chi connectivity index (χ0v) is 17.2. The van der Waals surface area contributed by atoms with Crippen molar-refractivity contribution in [1.82, 2.24) is 5.32 Å². The number of benzene rings is 2. The van der Waals surface area contributed by atoms with Crippen LogP contribution in [0.2, 0.25) is 0 Å². The molecule has 0 fully saturated rings. The van der Waals surface area contributed by atoms with Gasteiger partial charge in [-0.15, -0.1) is 0 Å². The molecule has 0 bridgehead atoms. The van der Waals surface area contributed by atoms with E-state index >= 15 is 0 Å². The summed E-state index contributed by atoms with van der Waals surface area (Å²) in [6.07, 6.45) is 2.23. The predicted molar refractivity (Wildman–Crippen MR) is 110 cm³/mol. The normalized spacial score (nSPS) is 12.4. The highest BCUT2D eigenvalue weighted by atomic mass is 32.2. The quantitative estimate of drug-likeness (QED) is 0.755. The van der Waals surface area contributed by atoms with Gasteiger partial charge in [-0.3, -0.25) is 9.10 Å². The third-order valence-electron chi connectivity index (χ3n) is 4.49. The third kappa shape index (κ3) is 5.57. The van der Waals surface area contributed by atoms with Gasteiger partial charge >= 0.3 is 0 Å². The van der Waals surface area contributed by atoms with Gasteiger partial charge in [0.2, 0.25) is 15.9 Å².